The highest BCUT2D eigenvalue weighted by Crippen LogP contribution is 2.40. The van der Waals surface area contributed by atoms with E-state index in [1.807, 2.05) is 12.1 Å². The van der Waals surface area contributed by atoms with Gasteiger partial charge in [-0.3, -0.25) is 4.57 Å². The Morgan fingerprint density at radius 1 is 0.286 bits per heavy atom. The third kappa shape index (κ3) is 5.69. The SMILES string of the molecule is c1ccc(-c2ccc(-c3nc(-c4ccc5oc6cc7c8ccccc8n(-c8cccc(-c9ccccc9)c8)c7cc6c5c4)nc(-n4c5ccccc5c5ccccc54)n3)cc2)cc1. The van der Waals surface area contributed by atoms with Crippen molar-refractivity contribution in [2.45, 2.75) is 0 Å². The first kappa shape index (κ1) is 35.2. The molecular formula is C57H35N5O. The number of para-hydroxylation sites is 3. The molecule has 13 aromatic rings. The van der Waals surface area contributed by atoms with E-state index in [-0.39, 0.29) is 0 Å². The molecule has 4 heterocycles. The van der Waals surface area contributed by atoms with Gasteiger partial charge in [0, 0.05) is 49.1 Å². The quantitative estimate of drug-likeness (QED) is 0.168. The Morgan fingerprint density at radius 3 is 1.48 bits per heavy atom. The zero-order valence-electron chi connectivity index (χ0n) is 33.9. The lowest BCUT2D eigenvalue weighted by atomic mass is 10.0. The van der Waals surface area contributed by atoms with Gasteiger partial charge in [0.1, 0.15) is 11.2 Å². The van der Waals surface area contributed by atoms with Gasteiger partial charge in [-0.15, -0.1) is 0 Å². The van der Waals surface area contributed by atoms with Gasteiger partial charge < -0.3 is 8.98 Å². The lowest BCUT2D eigenvalue weighted by Gasteiger charge is -2.11. The largest absolute Gasteiger partial charge is 0.456 e. The lowest BCUT2D eigenvalue weighted by Crippen LogP contribution is -2.06. The molecule has 0 radical (unpaired) electrons. The van der Waals surface area contributed by atoms with E-state index >= 15 is 0 Å². The molecule has 6 nitrogen and oxygen atoms in total. The number of furan rings is 1. The molecule has 0 bridgehead atoms. The van der Waals surface area contributed by atoms with Crippen molar-refractivity contribution in [3.63, 3.8) is 0 Å². The molecule has 0 atom stereocenters. The summed E-state index contributed by atoms with van der Waals surface area (Å²) < 4.78 is 11.2. The molecule has 13 rings (SSSR count). The van der Waals surface area contributed by atoms with E-state index < -0.39 is 0 Å². The Morgan fingerprint density at radius 2 is 0.794 bits per heavy atom. The van der Waals surface area contributed by atoms with Gasteiger partial charge in [-0.05, 0) is 82.9 Å². The fourth-order valence-corrected chi connectivity index (χ4v) is 9.41. The van der Waals surface area contributed by atoms with Gasteiger partial charge in [0.05, 0.1) is 22.1 Å². The third-order valence-corrected chi connectivity index (χ3v) is 12.4. The van der Waals surface area contributed by atoms with Crippen LogP contribution in [0.15, 0.2) is 217 Å². The average molecular weight is 806 g/mol. The number of rotatable bonds is 6. The van der Waals surface area contributed by atoms with Crippen LogP contribution in [0.4, 0.5) is 0 Å². The Balaban J connectivity index is 1.01. The third-order valence-electron chi connectivity index (χ3n) is 12.4. The standard InChI is InChI=1S/C57H35N5O/c1-3-14-36(15-4-1)38-26-28-39(29-27-38)55-58-56(60-57(59-55)62-50-24-11-7-20-43(50)44-21-8-12-25-51(44)62)41-30-31-53-47(33-41)48-34-52-46(35-54(48)63-53)45-22-9-10-23-49(45)61(52)42-19-13-18-40(32-42)37-16-5-2-6-17-37/h1-35H. The van der Waals surface area contributed by atoms with Crippen LogP contribution in [0, 0.1) is 0 Å². The molecule has 0 saturated heterocycles. The first-order valence-electron chi connectivity index (χ1n) is 21.2. The first-order chi connectivity index (χ1) is 31.2. The number of aromatic nitrogens is 5. The molecule has 0 aliphatic rings. The minimum atomic E-state index is 0.556. The molecule has 0 unspecified atom stereocenters. The van der Waals surface area contributed by atoms with Crippen molar-refractivity contribution in [2.24, 2.45) is 0 Å². The molecule has 0 fully saturated rings. The maximum Gasteiger partial charge on any atom is 0.238 e. The van der Waals surface area contributed by atoms with Crippen molar-refractivity contribution in [1.29, 1.82) is 0 Å². The van der Waals surface area contributed by atoms with E-state index in [1.54, 1.807) is 0 Å². The molecule has 4 aromatic heterocycles. The molecular weight excluding hydrogens is 771 g/mol. The van der Waals surface area contributed by atoms with Crippen LogP contribution in [0.2, 0.25) is 0 Å². The topological polar surface area (TPSA) is 61.7 Å². The van der Waals surface area contributed by atoms with E-state index in [1.165, 1.54) is 16.5 Å². The van der Waals surface area contributed by atoms with Crippen molar-refractivity contribution in [3.8, 4) is 56.7 Å². The summed E-state index contributed by atoms with van der Waals surface area (Å²) in [6, 6.07) is 74.5. The molecule has 63 heavy (non-hydrogen) atoms. The van der Waals surface area contributed by atoms with Gasteiger partial charge in [-0.25, -0.2) is 4.98 Å². The average Bonchev–Trinajstić information content (AvgIpc) is 4.00. The summed E-state index contributed by atoms with van der Waals surface area (Å²) in [5.74, 6) is 1.73. The van der Waals surface area contributed by atoms with Gasteiger partial charge in [0.2, 0.25) is 5.95 Å². The van der Waals surface area contributed by atoms with Crippen LogP contribution >= 0.6 is 0 Å². The molecule has 0 saturated carbocycles. The fourth-order valence-electron chi connectivity index (χ4n) is 9.41. The van der Waals surface area contributed by atoms with E-state index in [0.29, 0.717) is 17.6 Å². The fraction of sp³-hybridized carbons (Fsp3) is 0. The number of nitrogens with zero attached hydrogens (tertiary/aromatic N) is 5. The van der Waals surface area contributed by atoms with E-state index in [0.717, 1.165) is 88.1 Å². The number of fused-ring (bicyclic) bond motifs is 9. The predicted octanol–water partition coefficient (Wildman–Crippen LogP) is 14.6. The second kappa shape index (κ2) is 14.0. The van der Waals surface area contributed by atoms with Crippen molar-refractivity contribution >= 4 is 65.6 Å². The lowest BCUT2D eigenvalue weighted by molar-refractivity contribution is 0.669. The molecule has 0 aliphatic carbocycles. The highest BCUT2D eigenvalue weighted by atomic mass is 16.3. The van der Waals surface area contributed by atoms with Gasteiger partial charge in [-0.1, -0.05) is 152 Å². The molecule has 0 N–H and O–H groups in total. The van der Waals surface area contributed by atoms with E-state index in [4.69, 9.17) is 19.4 Å². The highest BCUT2D eigenvalue weighted by Gasteiger charge is 2.20. The maximum absolute atomic E-state index is 6.65. The smallest absolute Gasteiger partial charge is 0.238 e. The summed E-state index contributed by atoms with van der Waals surface area (Å²) in [4.78, 5) is 15.7. The van der Waals surface area contributed by atoms with Crippen LogP contribution in [-0.4, -0.2) is 24.1 Å². The van der Waals surface area contributed by atoms with Crippen molar-refractivity contribution in [1.82, 2.24) is 24.1 Å². The zero-order valence-corrected chi connectivity index (χ0v) is 33.9. The van der Waals surface area contributed by atoms with Crippen LogP contribution in [0.3, 0.4) is 0 Å². The first-order valence-corrected chi connectivity index (χ1v) is 21.2. The van der Waals surface area contributed by atoms with E-state index in [9.17, 15) is 0 Å². The number of hydrogen-bond acceptors (Lipinski definition) is 4. The molecule has 0 spiro atoms. The summed E-state index contributed by atoms with van der Waals surface area (Å²) >= 11 is 0. The second-order valence-electron chi connectivity index (χ2n) is 16.0. The highest BCUT2D eigenvalue weighted by molar-refractivity contribution is 6.17. The van der Waals surface area contributed by atoms with Crippen LogP contribution in [0.5, 0.6) is 0 Å². The van der Waals surface area contributed by atoms with Crippen LogP contribution in [0.25, 0.3) is 122 Å². The predicted molar refractivity (Wildman–Crippen MR) is 258 cm³/mol. The van der Waals surface area contributed by atoms with E-state index in [2.05, 4.69) is 209 Å². The molecule has 6 heteroatoms. The van der Waals surface area contributed by atoms with Crippen molar-refractivity contribution < 1.29 is 4.42 Å². The van der Waals surface area contributed by atoms with Gasteiger partial charge in [-0.2, -0.15) is 9.97 Å². The summed E-state index contributed by atoms with van der Waals surface area (Å²) in [6.07, 6.45) is 0. The minimum Gasteiger partial charge on any atom is -0.456 e. The minimum absolute atomic E-state index is 0.556. The zero-order chi connectivity index (χ0) is 41.4. The Hall–Kier alpha value is -8.61. The summed E-state index contributed by atoms with van der Waals surface area (Å²) in [6.45, 7) is 0. The Bertz CT molecular complexity index is 3850. The normalized spacial score (nSPS) is 11.8. The molecule has 0 aliphatic heterocycles. The van der Waals surface area contributed by atoms with Gasteiger partial charge in [0.25, 0.3) is 0 Å². The van der Waals surface area contributed by atoms with Crippen molar-refractivity contribution in [3.05, 3.63) is 212 Å². The Labute approximate surface area is 361 Å². The van der Waals surface area contributed by atoms with Gasteiger partial charge in [0.15, 0.2) is 11.6 Å². The Kier molecular flexibility index (Phi) is 7.80. The molecule has 294 valence electrons. The number of hydrogen-bond donors (Lipinski definition) is 0. The molecule has 9 aromatic carbocycles. The van der Waals surface area contributed by atoms with Crippen molar-refractivity contribution in [2.75, 3.05) is 0 Å². The maximum atomic E-state index is 6.65. The summed E-state index contributed by atoms with van der Waals surface area (Å²) in [5, 5.41) is 6.62. The van der Waals surface area contributed by atoms with Gasteiger partial charge >= 0.3 is 0 Å². The van der Waals surface area contributed by atoms with Crippen LogP contribution in [0.1, 0.15) is 0 Å². The van der Waals surface area contributed by atoms with Crippen LogP contribution in [-0.2, 0) is 0 Å². The second-order valence-corrected chi connectivity index (χ2v) is 16.0. The molecule has 0 amide bonds. The number of benzene rings is 9. The summed E-state index contributed by atoms with van der Waals surface area (Å²) in [7, 11) is 0. The monoisotopic (exact) mass is 805 g/mol. The summed E-state index contributed by atoms with van der Waals surface area (Å²) in [5.41, 5.74) is 13.5. The van der Waals surface area contributed by atoms with Crippen LogP contribution < -0.4 is 0 Å².